The Morgan fingerprint density at radius 3 is 2.56 bits per heavy atom. The first-order valence-corrected chi connectivity index (χ1v) is 6.14. The summed E-state index contributed by atoms with van der Waals surface area (Å²) in [6.45, 7) is 3.55. The minimum absolute atomic E-state index is 0.0284. The van der Waals surface area contributed by atoms with E-state index in [1.807, 2.05) is 0 Å². The summed E-state index contributed by atoms with van der Waals surface area (Å²) in [5.41, 5.74) is -4.02. The van der Waals surface area contributed by atoms with E-state index >= 15 is 0 Å². The van der Waals surface area contributed by atoms with E-state index < -0.39 is 5.51 Å². The van der Waals surface area contributed by atoms with Crippen molar-refractivity contribution in [3.05, 3.63) is 23.8 Å². The molecule has 100 valence electrons. The lowest BCUT2D eigenvalue weighted by Crippen LogP contribution is -2.04. The Labute approximate surface area is 108 Å². The smallest absolute Gasteiger partial charge is 0.446 e. The second-order valence-electron chi connectivity index (χ2n) is 3.63. The van der Waals surface area contributed by atoms with Gasteiger partial charge in [0.2, 0.25) is 0 Å². The predicted octanol–water partition coefficient (Wildman–Crippen LogP) is 3.83. The Kier molecular flexibility index (Phi) is 5.07. The number of hydrogen-bond acceptors (Lipinski definition) is 3. The summed E-state index contributed by atoms with van der Waals surface area (Å²) in [7, 11) is 0. The van der Waals surface area contributed by atoms with Gasteiger partial charge in [0, 0.05) is 11.3 Å². The van der Waals surface area contributed by atoms with Gasteiger partial charge >= 0.3 is 5.51 Å². The Morgan fingerprint density at radius 2 is 2.06 bits per heavy atom. The van der Waals surface area contributed by atoms with Crippen molar-refractivity contribution in [2.45, 2.75) is 30.7 Å². The standard InChI is InChI=1S/C12H13F3O2S/c1-3-17-10-4-5-11(18-12(13,14)15)9(7-10)6-8(2)16/h4-5,7H,3,6H2,1-2H3. The zero-order valence-electron chi connectivity index (χ0n) is 10.0. The molecule has 0 saturated heterocycles. The fourth-order valence-electron chi connectivity index (χ4n) is 1.44. The van der Waals surface area contributed by atoms with Crippen LogP contribution in [0.25, 0.3) is 0 Å². The SMILES string of the molecule is CCOc1ccc(SC(F)(F)F)c(CC(C)=O)c1. The number of rotatable bonds is 5. The largest absolute Gasteiger partial charge is 0.494 e. The van der Waals surface area contributed by atoms with Crippen molar-refractivity contribution in [3.63, 3.8) is 0 Å². The van der Waals surface area contributed by atoms with E-state index in [0.717, 1.165) is 0 Å². The molecule has 0 spiro atoms. The predicted molar refractivity (Wildman–Crippen MR) is 63.9 cm³/mol. The molecule has 0 fully saturated rings. The summed E-state index contributed by atoms with van der Waals surface area (Å²) in [6, 6.07) is 4.29. The summed E-state index contributed by atoms with van der Waals surface area (Å²) < 4.78 is 42.3. The zero-order valence-corrected chi connectivity index (χ0v) is 10.8. The van der Waals surface area contributed by atoms with Crippen molar-refractivity contribution in [1.82, 2.24) is 0 Å². The summed E-state index contributed by atoms with van der Waals surface area (Å²) in [4.78, 5) is 11.1. The number of Topliss-reactive ketones (excluding diaryl/α,β-unsaturated/α-hetero) is 1. The molecule has 0 N–H and O–H groups in total. The van der Waals surface area contributed by atoms with E-state index in [4.69, 9.17) is 4.74 Å². The van der Waals surface area contributed by atoms with Gasteiger partial charge in [-0.05, 0) is 49.4 Å². The van der Waals surface area contributed by atoms with Crippen molar-refractivity contribution >= 4 is 17.5 Å². The van der Waals surface area contributed by atoms with Gasteiger partial charge < -0.3 is 4.74 Å². The molecular weight excluding hydrogens is 265 g/mol. The van der Waals surface area contributed by atoms with Crippen LogP contribution in [-0.4, -0.2) is 17.9 Å². The number of carbonyl (C=O) groups excluding carboxylic acids is 1. The molecule has 0 radical (unpaired) electrons. The maximum Gasteiger partial charge on any atom is 0.446 e. The van der Waals surface area contributed by atoms with Crippen molar-refractivity contribution < 1.29 is 22.7 Å². The zero-order chi connectivity index (χ0) is 13.8. The minimum Gasteiger partial charge on any atom is -0.494 e. The molecule has 18 heavy (non-hydrogen) atoms. The molecule has 0 aliphatic rings. The molecule has 1 aromatic rings. The van der Waals surface area contributed by atoms with Gasteiger partial charge in [0.1, 0.15) is 11.5 Å². The fraction of sp³-hybridized carbons (Fsp3) is 0.417. The molecule has 0 atom stereocenters. The highest BCUT2D eigenvalue weighted by Crippen LogP contribution is 2.39. The highest BCUT2D eigenvalue weighted by Gasteiger charge is 2.30. The summed E-state index contributed by atoms with van der Waals surface area (Å²) >= 11 is -0.212. The average molecular weight is 278 g/mol. The molecule has 0 amide bonds. The van der Waals surface area contributed by atoms with Crippen molar-refractivity contribution in [3.8, 4) is 5.75 Å². The third kappa shape index (κ3) is 5.00. The van der Waals surface area contributed by atoms with E-state index in [2.05, 4.69) is 0 Å². The fourth-order valence-corrected chi connectivity index (χ4v) is 2.09. The van der Waals surface area contributed by atoms with E-state index in [9.17, 15) is 18.0 Å². The molecule has 0 aromatic heterocycles. The lowest BCUT2D eigenvalue weighted by Gasteiger charge is -2.12. The number of carbonyl (C=O) groups is 1. The Bertz CT molecular complexity index is 430. The van der Waals surface area contributed by atoms with Crippen LogP contribution >= 0.6 is 11.8 Å². The van der Waals surface area contributed by atoms with Crippen LogP contribution in [0.2, 0.25) is 0 Å². The minimum atomic E-state index is -4.36. The van der Waals surface area contributed by atoms with Crippen molar-refractivity contribution in [2.24, 2.45) is 0 Å². The molecule has 2 nitrogen and oxygen atoms in total. The highest BCUT2D eigenvalue weighted by atomic mass is 32.2. The quantitative estimate of drug-likeness (QED) is 0.766. The third-order valence-corrected chi connectivity index (χ3v) is 2.86. The monoisotopic (exact) mass is 278 g/mol. The molecule has 0 heterocycles. The molecule has 0 saturated carbocycles. The number of hydrogen-bond donors (Lipinski definition) is 0. The molecule has 0 aliphatic carbocycles. The number of thioether (sulfide) groups is 1. The van der Waals surface area contributed by atoms with E-state index in [1.165, 1.54) is 25.1 Å². The second kappa shape index (κ2) is 6.13. The van der Waals surface area contributed by atoms with Crippen LogP contribution in [0.15, 0.2) is 23.1 Å². The van der Waals surface area contributed by atoms with Crippen molar-refractivity contribution in [1.29, 1.82) is 0 Å². The van der Waals surface area contributed by atoms with Gasteiger partial charge in [0.05, 0.1) is 6.61 Å². The van der Waals surface area contributed by atoms with E-state index in [-0.39, 0.29) is 28.9 Å². The molecule has 0 bridgehead atoms. The Morgan fingerprint density at radius 1 is 1.39 bits per heavy atom. The first-order chi connectivity index (χ1) is 8.31. The molecule has 0 unspecified atom stereocenters. The Hall–Kier alpha value is -1.17. The number of alkyl halides is 3. The van der Waals surface area contributed by atoms with Gasteiger partial charge in [0.25, 0.3) is 0 Å². The van der Waals surface area contributed by atoms with Gasteiger partial charge in [-0.25, -0.2) is 0 Å². The van der Waals surface area contributed by atoms with Gasteiger partial charge in [-0.1, -0.05) is 0 Å². The number of benzene rings is 1. The highest BCUT2D eigenvalue weighted by molar-refractivity contribution is 8.00. The van der Waals surface area contributed by atoms with Gasteiger partial charge in [-0.2, -0.15) is 13.2 Å². The number of ether oxygens (including phenoxy) is 1. The molecule has 1 rings (SSSR count). The maximum absolute atomic E-state index is 12.4. The van der Waals surface area contributed by atoms with Crippen LogP contribution in [-0.2, 0) is 11.2 Å². The summed E-state index contributed by atoms with van der Waals surface area (Å²) in [5.74, 6) is 0.285. The molecule has 0 aliphatic heterocycles. The topological polar surface area (TPSA) is 26.3 Å². The van der Waals surface area contributed by atoms with Crippen LogP contribution in [0, 0.1) is 0 Å². The summed E-state index contributed by atoms with van der Waals surface area (Å²) in [5, 5.41) is 0. The third-order valence-electron chi connectivity index (χ3n) is 2.01. The summed E-state index contributed by atoms with van der Waals surface area (Å²) in [6.07, 6.45) is -0.0284. The Balaban J connectivity index is 3.04. The van der Waals surface area contributed by atoms with Crippen molar-refractivity contribution in [2.75, 3.05) is 6.61 Å². The first kappa shape index (κ1) is 14.9. The van der Waals surface area contributed by atoms with Crippen LogP contribution in [0.3, 0.4) is 0 Å². The second-order valence-corrected chi connectivity index (χ2v) is 4.74. The van der Waals surface area contributed by atoms with E-state index in [0.29, 0.717) is 17.9 Å². The van der Waals surface area contributed by atoms with E-state index in [1.54, 1.807) is 6.92 Å². The van der Waals surface area contributed by atoms with Gasteiger partial charge in [0.15, 0.2) is 0 Å². The lowest BCUT2D eigenvalue weighted by atomic mass is 10.1. The average Bonchev–Trinajstić information content (AvgIpc) is 2.19. The molecule has 6 heteroatoms. The van der Waals surface area contributed by atoms with Gasteiger partial charge in [-0.3, -0.25) is 4.79 Å². The lowest BCUT2D eigenvalue weighted by molar-refractivity contribution is -0.116. The molecule has 1 aromatic carbocycles. The van der Waals surface area contributed by atoms with Crippen LogP contribution < -0.4 is 4.74 Å². The number of halogens is 3. The van der Waals surface area contributed by atoms with Crippen LogP contribution in [0.1, 0.15) is 19.4 Å². The van der Waals surface area contributed by atoms with Crippen LogP contribution in [0.4, 0.5) is 13.2 Å². The normalized spacial score (nSPS) is 11.4. The molecular formula is C12H13F3O2S. The van der Waals surface area contributed by atoms with Gasteiger partial charge in [-0.15, -0.1) is 0 Å². The maximum atomic E-state index is 12.4. The van der Waals surface area contributed by atoms with Crippen LogP contribution in [0.5, 0.6) is 5.75 Å². The number of ketones is 1. The first-order valence-electron chi connectivity index (χ1n) is 5.32.